The molecule has 1 N–H and O–H groups in total. The first-order chi connectivity index (χ1) is 14.5. The zero-order valence-corrected chi connectivity index (χ0v) is 16.9. The summed E-state index contributed by atoms with van der Waals surface area (Å²) in [7, 11) is 0. The van der Waals surface area contributed by atoms with Gasteiger partial charge in [0.05, 0.1) is 5.69 Å². The number of amides is 2. The van der Waals surface area contributed by atoms with Crippen LogP contribution in [0.2, 0.25) is 0 Å². The number of anilines is 1. The van der Waals surface area contributed by atoms with Gasteiger partial charge in [0.25, 0.3) is 0 Å². The van der Waals surface area contributed by atoms with E-state index in [0.29, 0.717) is 10.8 Å². The topological polar surface area (TPSA) is 71.5 Å². The van der Waals surface area contributed by atoms with E-state index in [2.05, 4.69) is 16.9 Å². The van der Waals surface area contributed by atoms with Crippen LogP contribution in [0, 0.1) is 5.82 Å². The number of hydrogen-bond acceptors (Lipinski definition) is 5. The van der Waals surface area contributed by atoms with Gasteiger partial charge in [-0.15, -0.1) is 17.9 Å². The fourth-order valence-electron chi connectivity index (χ4n) is 2.59. The summed E-state index contributed by atoms with van der Waals surface area (Å²) in [5.74, 6) is -0.738. The third-order valence-electron chi connectivity index (χ3n) is 4.04. The van der Waals surface area contributed by atoms with Crippen LogP contribution in [0.1, 0.15) is 5.56 Å². The molecule has 0 fully saturated rings. The fourth-order valence-corrected chi connectivity index (χ4v) is 3.32. The van der Waals surface area contributed by atoms with Gasteiger partial charge in [0.2, 0.25) is 5.91 Å². The molecule has 0 saturated carbocycles. The van der Waals surface area contributed by atoms with Crippen molar-refractivity contribution in [2.75, 3.05) is 18.4 Å². The van der Waals surface area contributed by atoms with Crippen molar-refractivity contribution in [2.24, 2.45) is 0 Å². The maximum atomic E-state index is 13.1. The van der Waals surface area contributed by atoms with E-state index in [1.807, 2.05) is 30.3 Å². The lowest BCUT2D eigenvalue weighted by Gasteiger charge is -2.19. The van der Waals surface area contributed by atoms with Crippen LogP contribution in [0.15, 0.2) is 72.6 Å². The van der Waals surface area contributed by atoms with E-state index >= 15 is 0 Å². The Morgan fingerprint density at radius 2 is 1.90 bits per heavy atom. The number of hydrogen-bond donors (Lipinski definition) is 1. The number of carbonyl (C=O) groups is 2. The number of ether oxygens (including phenoxy) is 1. The summed E-state index contributed by atoms with van der Waals surface area (Å²) in [5.41, 5.74) is 2.22. The van der Waals surface area contributed by atoms with Gasteiger partial charge < -0.3 is 10.1 Å². The Labute approximate surface area is 177 Å². The van der Waals surface area contributed by atoms with Crippen molar-refractivity contribution >= 4 is 28.5 Å². The Bertz CT molecular complexity index is 1010. The number of benzene rings is 2. The number of carbonyl (C=O) groups excluding carboxylic acids is 2. The van der Waals surface area contributed by atoms with E-state index < -0.39 is 12.0 Å². The molecule has 0 atom stereocenters. The van der Waals surface area contributed by atoms with Gasteiger partial charge in [0.1, 0.15) is 19.0 Å². The highest BCUT2D eigenvalue weighted by molar-refractivity contribution is 7.14. The Balaban J connectivity index is 1.56. The molecule has 3 aromatic rings. The summed E-state index contributed by atoms with van der Waals surface area (Å²) in [6, 6.07) is 15.2. The van der Waals surface area contributed by atoms with E-state index in [0.717, 1.165) is 11.1 Å². The standard InChI is InChI=1S/C22H20FN3O3S/c1-2-12-26(22(28)29-14-16-6-4-3-5-7-16)13-20(27)25-21-24-19(15-30-21)17-8-10-18(23)11-9-17/h2-11,15H,1,12-14H2,(H,24,25,27). The first kappa shape index (κ1) is 21.2. The molecular formula is C22H20FN3O3S. The van der Waals surface area contributed by atoms with Crippen LogP contribution in [0.25, 0.3) is 11.3 Å². The van der Waals surface area contributed by atoms with E-state index in [4.69, 9.17) is 4.74 Å². The molecule has 2 aromatic carbocycles. The van der Waals surface area contributed by atoms with Crippen molar-refractivity contribution in [1.82, 2.24) is 9.88 Å². The molecule has 0 aliphatic carbocycles. The molecule has 0 radical (unpaired) electrons. The Morgan fingerprint density at radius 3 is 2.60 bits per heavy atom. The molecule has 6 nitrogen and oxygen atoms in total. The first-order valence-corrected chi connectivity index (χ1v) is 10.0. The van der Waals surface area contributed by atoms with Crippen LogP contribution in [0.5, 0.6) is 0 Å². The molecule has 3 rings (SSSR count). The largest absolute Gasteiger partial charge is 0.445 e. The van der Waals surface area contributed by atoms with Gasteiger partial charge >= 0.3 is 6.09 Å². The average Bonchev–Trinajstić information content (AvgIpc) is 3.21. The number of aromatic nitrogens is 1. The van der Waals surface area contributed by atoms with Crippen molar-refractivity contribution in [3.8, 4) is 11.3 Å². The molecule has 0 unspecified atom stereocenters. The fraction of sp³-hybridized carbons (Fsp3) is 0.136. The second-order valence-electron chi connectivity index (χ2n) is 6.30. The van der Waals surface area contributed by atoms with Gasteiger partial charge in [-0.25, -0.2) is 14.2 Å². The molecule has 2 amide bonds. The lowest BCUT2D eigenvalue weighted by atomic mass is 10.2. The van der Waals surface area contributed by atoms with E-state index in [9.17, 15) is 14.0 Å². The average molecular weight is 425 g/mol. The summed E-state index contributed by atoms with van der Waals surface area (Å²) in [5, 5.41) is 4.82. The summed E-state index contributed by atoms with van der Waals surface area (Å²) in [6.45, 7) is 3.69. The second-order valence-corrected chi connectivity index (χ2v) is 7.16. The SMILES string of the molecule is C=CCN(CC(=O)Nc1nc(-c2ccc(F)cc2)cs1)C(=O)OCc1ccccc1. The highest BCUT2D eigenvalue weighted by atomic mass is 32.1. The molecule has 0 bridgehead atoms. The van der Waals surface area contributed by atoms with Gasteiger partial charge in [-0.3, -0.25) is 9.69 Å². The molecule has 0 spiro atoms. The molecule has 30 heavy (non-hydrogen) atoms. The monoisotopic (exact) mass is 425 g/mol. The molecule has 1 heterocycles. The highest BCUT2D eigenvalue weighted by Crippen LogP contribution is 2.25. The van der Waals surface area contributed by atoms with Crippen LogP contribution in [-0.2, 0) is 16.1 Å². The van der Waals surface area contributed by atoms with E-state index in [1.165, 1.54) is 34.4 Å². The van der Waals surface area contributed by atoms with Crippen molar-refractivity contribution < 1.29 is 18.7 Å². The van der Waals surface area contributed by atoms with Crippen molar-refractivity contribution in [3.63, 3.8) is 0 Å². The second kappa shape index (κ2) is 10.3. The Morgan fingerprint density at radius 1 is 1.17 bits per heavy atom. The molecular weight excluding hydrogens is 405 g/mol. The highest BCUT2D eigenvalue weighted by Gasteiger charge is 2.18. The van der Waals surface area contributed by atoms with Crippen LogP contribution in [0.3, 0.4) is 0 Å². The van der Waals surface area contributed by atoms with Crippen LogP contribution < -0.4 is 5.32 Å². The van der Waals surface area contributed by atoms with E-state index in [1.54, 1.807) is 17.5 Å². The van der Waals surface area contributed by atoms with Crippen molar-refractivity contribution in [2.45, 2.75) is 6.61 Å². The van der Waals surface area contributed by atoms with Crippen LogP contribution in [0.4, 0.5) is 14.3 Å². The Kier molecular flexibility index (Phi) is 7.29. The quantitative estimate of drug-likeness (QED) is 0.531. The first-order valence-electron chi connectivity index (χ1n) is 9.13. The third kappa shape index (κ3) is 5.99. The van der Waals surface area contributed by atoms with Gasteiger partial charge in [0.15, 0.2) is 5.13 Å². The number of nitrogens with one attached hydrogen (secondary N) is 1. The minimum Gasteiger partial charge on any atom is -0.445 e. The smallest absolute Gasteiger partial charge is 0.410 e. The zero-order chi connectivity index (χ0) is 21.3. The molecule has 154 valence electrons. The predicted octanol–water partition coefficient (Wildman–Crippen LogP) is 4.71. The van der Waals surface area contributed by atoms with Gasteiger partial charge in [-0.2, -0.15) is 0 Å². The number of nitrogens with zero attached hydrogens (tertiary/aromatic N) is 2. The van der Waals surface area contributed by atoms with Crippen molar-refractivity contribution in [1.29, 1.82) is 0 Å². The normalized spacial score (nSPS) is 10.3. The molecule has 0 saturated heterocycles. The maximum absolute atomic E-state index is 13.1. The zero-order valence-electron chi connectivity index (χ0n) is 16.1. The lowest BCUT2D eigenvalue weighted by molar-refractivity contribution is -0.117. The summed E-state index contributed by atoms with van der Waals surface area (Å²) < 4.78 is 18.3. The predicted molar refractivity (Wildman–Crippen MR) is 115 cm³/mol. The Hall–Kier alpha value is -3.52. The number of thiazole rings is 1. The molecule has 8 heteroatoms. The van der Waals surface area contributed by atoms with E-state index in [-0.39, 0.29) is 25.5 Å². The minimum absolute atomic E-state index is 0.114. The van der Waals surface area contributed by atoms with Crippen molar-refractivity contribution in [3.05, 3.63) is 84.0 Å². The lowest BCUT2D eigenvalue weighted by Crippen LogP contribution is -2.38. The number of halogens is 1. The van der Waals surface area contributed by atoms with Gasteiger partial charge in [-0.05, 0) is 29.8 Å². The summed E-state index contributed by atoms with van der Waals surface area (Å²) in [6.07, 6.45) is 0.910. The molecule has 0 aliphatic heterocycles. The molecule has 1 aromatic heterocycles. The number of rotatable bonds is 8. The van der Waals surface area contributed by atoms with Crippen LogP contribution in [-0.4, -0.2) is 35.0 Å². The third-order valence-corrected chi connectivity index (χ3v) is 4.80. The maximum Gasteiger partial charge on any atom is 0.410 e. The molecule has 0 aliphatic rings. The summed E-state index contributed by atoms with van der Waals surface area (Å²) in [4.78, 5) is 30.3. The minimum atomic E-state index is -0.611. The van der Waals surface area contributed by atoms with Crippen LogP contribution >= 0.6 is 11.3 Å². The van der Waals surface area contributed by atoms with Gasteiger partial charge in [0, 0.05) is 17.5 Å². The summed E-state index contributed by atoms with van der Waals surface area (Å²) >= 11 is 1.24. The van der Waals surface area contributed by atoms with Gasteiger partial charge in [-0.1, -0.05) is 36.4 Å².